The summed E-state index contributed by atoms with van der Waals surface area (Å²) < 4.78 is 28.1. The Kier molecular flexibility index (Phi) is 5.12. The molecular formula is C15H20N2O6S. The number of esters is 1. The van der Waals surface area contributed by atoms with Gasteiger partial charge in [-0.05, 0) is 26.3 Å². The summed E-state index contributed by atoms with van der Waals surface area (Å²) in [5, 5.41) is 0. The highest BCUT2D eigenvalue weighted by atomic mass is 32.2. The average molecular weight is 356 g/mol. The molecule has 1 aliphatic heterocycles. The number of amides is 1. The van der Waals surface area contributed by atoms with Crippen molar-refractivity contribution in [2.24, 2.45) is 0 Å². The number of carbonyl (C=O) groups is 3. The maximum atomic E-state index is 12.3. The Labute approximate surface area is 140 Å². The van der Waals surface area contributed by atoms with Gasteiger partial charge in [-0.15, -0.1) is 0 Å². The predicted octanol–water partition coefficient (Wildman–Crippen LogP) is 0.408. The number of aromatic nitrogens is 1. The van der Waals surface area contributed by atoms with Crippen molar-refractivity contribution in [1.82, 2.24) is 9.88 Å². The van der Waals surface area contributed by atoms with Crippen LogP contribution in [0.5, 0.6) is 0 Å². The number of sulfone groups is 1. The third-order valence-electron chi connectivity index (χ3n) is 4.04. The second-order valence-corrected chi connectivity index (χ2v) is 8.14. The van der Waals surface area contributed by atoms with Crippen LogP contribution in [0.15, 0.2) is 12.3 Å². The molecule has 1 fully saturated rings. The monoisotopic (exact) mass is 356 g/mol. The number of carbonyl (C=O) groups excluding carboxylic acids is 3. The van der Waals surface area contributed by atoms with Crippen molar-refractivity contribution in [3.05, 3.63) is 23.5 Å². The van der Waals surface area contributed by atoms with Crippen LogP contribution in [0.2, 0.25) is 0 Å². The summed E-state index contributed by atoms with van der Waals surface area (Å²) in [5.74, 6) is -1.44. The summed E-state index contributed by atoms with van der Waals surface area (Å²) in [5.41, 5.74) is 0.417. The number of Topliss-reactive ketones (excluding diaryl/α,β-unsaturated/α-hetero) is 1. The first-order valence-corrected chi connectivity index (χ1v) is 9.30. The molecule has 0 bridgehead atoms. The summed E-state index contributed by atoms with van der Waals surface area (Å²) in [4.78, 5) is 39.5. The largest absolute Gasteiger partial charge is 0.448 e. The summed E-state index contributed by atoms with van der Waals surface area (Å²) in [7, 11) is -1.61. The first-order valence-electron chi connectivity index (χ1n) is 7.48. The molecule has 24 heavy (non-hydrogen) atoms. The third kappa shape index (κ3) is 4.02. The smallest absolute Gasteiger partial charge is 0.355 e. The van der Waals surface area contributed by atoms with E-state index < -0.39 is 33.9 Å². The molecule has 0 radical (unpaired) electrons. The Morgan fingerprint density at radius 3 is 2.54 bits per heavy atom. The van der Waals surface area contributed by atoms with E-state index >= 15 is 0 Å². The fourth-order valence-electron chi connectivity index (χ4n) is 2.54. The molecule has 0 spiro atoms. The van der Waals surface area contributed by atoms with Gasteiger partial charge in [0.05, 0.1) is 11.5 Å². The van der Waals surface area contributed by atoms with Gasteiger partial charge >= 0.3 is 5.97 Å². The van der Waals surface area contributed by atoms with E-state index in [0.717, 1.165) is 0 Å². The molecule has 132 valence electrons. The minimum Gasteiger partial charge on any atom is -0.448 e. The lowest BCUT2D eigenvalue weighted by Gasteiger charge is -2.26. The number of nitrogens with one attached hydrogen (secondary N) is 1. The van der Waals surface area contributed by atoms with Crippen molar-refractivity contribution in [2.45, 2.75) is 32.4 Å². The second kappa shape index (κ2) is 6.76. The van der Waals surface area contributed by atoms with Gasteiger partial charge < -0.3 is 14.6 Å². The van der Waals surface area contributed by atoms with Gasteiger partial charge in [0.25, 0.3) is 5.91 Å². The standard InChI is InChI=1S/C15H20N2O6S/c1-9(18)11-6-13(16-7-11)15(20)23-10(2)14(19)17(3)12-4-5-24(21,22)8-12/h6-7,10,12,16H,4-5,8H2,1-3H3/t10-,12-/m0/s1. The number of rotatable bonds is 5. The van der Waals surface area contributed by atoms with E-state index in [1.165, 1.54) is 38.1 Å². The molecule has 1 saturated heterocycles. The normalized spacial score (nSPS) is 20.4. The second-order valence-electron chi connectivity index (χ2n) is 5.91. The molecule has 0 aromatic carbocycles. The van der Waals surface area contributed by atoms with Crippen molar-refractivity contribution < 1.29 is 27.5 Å². The number of aromatic amines is 1. The molecule has 1 aromatic heterocycles. The first-order chi connectivity index (χ1) is 11.1. The van der Waals surface area contributed by atoms with Crippen LogP contribution in [0.1, 0.15) is 41.1 Å². The van der Waals surface area contributed by atoms with Crippen molar-refractivity contribution in [2.75, 3.05) is 18.6 Å². The number of nitrogens with zero attached hydrogens (tertiary/aromatic N) is 1. The van der Waals surface area contributed by atoms with Crippen molar-refractivity contribution in [3.8, 4) is 0 Å². The van der Waals surface area contributed by atoms with Crippen molar-refractivity contribution in [1.29, 1.82) is 0 Å². The first kappa shape index (κ1) is 18.2. The fourth-order valence-corrected chi connectivity index (χ4v) is 4.31. The molecule has 1 aliphatic rings. The minimum atomic E-state index is -3.11. The average Bonchev–Trinajstić information content (AvgIpc) is 3.12. The summed E-state index contributed by atoms with van der Waals surface area (Å²) >= 11 is 0. The van der Waals surface area contributed by atoms with Gasteiger partial charge in [0, 0.05) is 24.8 Å². The maximum Gasteiger partial charge on any atom is 0.355 e. The van der Waals surface area contributed by atoms with Gasteiger partial charge in [0.15, 0.2) is 21.7 Å². The van der Waals surface area contributed by atoms with E-state index in [9.17, 15) is 22.8 Å². The van der Waals surface area contributed by atoms with Gasteiger partial charge in [-0.3, -0.25) is 9.59 Å². The summed E-state index contributed by atoms with van der Waals surface area (Å²) in [6.45, 7) is 2.80. The van der Waals surface area contributed by atoms with Gasteiger partial charge in [-0.2, -0.15) is 0 Å². The highest BCUT2D eigenvalue weighted by molar-refractivity contribution is 7.91. The van der Waals surface area contributed by atoms with Crippen LogP contribution in [0.4, 0.5) is 0 Å². The zero-order valence-electron chi connectivity index (χ0n) is 13.7. The van der Waals surface area contributed by atoms with E-state index in [-0.39, 0.29) is 23.0 Å². The summed E-state index contributed by atoms with van der Waals surface area (Å²) in [6, 6.07) is 0.952. The maximum absolute atomic E-state index is 12.3. The van der Waals surface area contributed by atoms with E-state index in [0.29, 0.717) is 12.0 Å². The van der Waals surface area contributed by atoms with E-state index in [4.69, 9.17) is 4.74 Å². The predicted molar refractivity (Wildman–Crippen MR) is 85.5 cm³/mol. The highest BCUT2D eigenvalue weighted by Crippen LogP contribution is 2.18. The van der Waals surface area contributed by atoms with E-state index in [2.05, 4.69) is 4.98 Å². The Bertz CT molecular complexity index is 767. The van der Waals surface area contributed by atoms with Crippen LogP contribution >= 0.6 is 0 Å². The zero-order valence-corrected chi connectivity index (χ0v) is 14.6. The molecule has 0 aliphatic carbocycles. The Morgan fingerprint density at radius 1 is 1.38 bits per heavy atom. The lowest BCUT2D eigenvalue weighted by atomic mass is 10.2. The quantitative estimate of drug-likeness (QED) is 0.604. The molecule has 1 aromatic rings. The molecule has 2 atom stereocenters. The van der Waals surface area contributed by atoms with Crippen molar-refractivity contribution in [3.63, 3.8) is 0 Å². The molecule has 9 heteroatoms. The number of hydrogen-bond acceptors (Lipinski definition) is 6. The molecule has 0 saturated carbocycles. The van der Waals surface area contributed by atoms with E-state index in [1.807, 2.05) is 0 Å². The number of ether oxygens (including phenoxy) is 1. The van der Waals surface area contributed by atoms with Crippen molar-refractivity contribution >= 4 is 27.5 Å². The van der Waals surface area contributed by atoms with Gasteiger partial charge in [-0.25, -0.2) is 13.2 Å². The molecule has 0 unspecified atom stereocenters. The summed E-state index contributed by atoms with van der Waals surface area (Å²) in [6.07, 6.45) is 0.708. The van der Waals surface area contributed by atoms with Crippen LogP contribution in [-0.2, 0) is 19.4 Å². The van der Waals surface area contributed by atoms with Gasteiger partial charge in [-0.1, -0.05) is 0 Å². The topological polar surface area (TPSA) is 114 Å². The van der Waals surface area contributed by atoms with Crippen LogP contribution in [-0.4, -0.2) is 66.7 Å². The zero-order chi connectivity index (χ0) is 18.1. The molecule has 8 nitrogen and oxygen atoms in total. The number of hydrogen-bond donors (Lipinski definition) is 1. The number of H-pyrrole nitrogens is 1. The molecule has 1 amide bonds. The SMILES string of the molecule is CC(=O)c1c[nH]c(C(=O)O[C@@H](C)C(=O)N(C)[C@H]2CCS(=O)(=O)C2)c1. The van der Waals surface area contributed by atoms with Crippen LogP contribution in [0.3, 0.4) is 0 Å². The molecule has 2 rings (SSSR count). The molecule has 2 heterocycles. The lowest BCUT2D eigenvalue weighted by molar-refractivity contribution is -0.140. The fraction of sp³-hybridized carbons (Fsp3) is 0.533. The lowest BCUT2D eigenvalue weighted by Crippen LogP contribution is -2.44. The third-order valence-corrected chi connectivity index (χ3v) is 5.80. The Morgan fingerprint density at radius 2 is 2.04 bits per heavy atom. The van der Waals surface area contributed by atoms with Crippen LogP contribution in [0.25, 0.3) is 0 Å². The Balaban J connectivity index is 1.97. The molecular weight excluding hydrogens is 336 g/mol. The van der Waals surface area contributed by atoms with Gasteiger partial charge in [0.1, 0.15) is 5.69 Å². The Hall–Kier alpha value is -2.16. The van der Waals surface area contributed by atoms with E-state index in [1.54, 1.807) is 0 Å². The van der Waals surface area contributed by atoms with Gasteiger partial charge in [0.2, 0.25) is 0 Å². The number of likely N-dealkylation sites (N-methyl/N-ethyl adjacent to an activating group) is 1. The number of ketones is 1. The highest BCUT2D eigenvalue weighted by Gasteiger charge is 2.35. The minimum absolute atomic E-state index is 0.0553. The van der Waals surface area contributed by atoms with Crippen LogP contribution < -0.4 is 0 Å². The van der Waals surface area contributed by atoms with Crippen LogP contribution in [0, 0.1) is 0 Å². The molecule has 1 N–H and O–H groups in total.